The Morgan fingerprint density at radius 2 is 2.08 bits per heavy atom. The van der Waals surface area contributed by atoms with Crippen molar-refractivity contribution in [2.45, 2.75) is 19.5 Å². The first-order valence-corrected chi connectivity index (χ1v) is 4.51. The highest BCUT2D eigenvalue weighted by molar-refractivity contribution is 5.46. The van der Waals surface area contributed by atoms with Crippen LogP contribution in [-0.4, -0.2) is 12.6 Å². The molecule has 72 valence electrons. The molecule has 3 heteroatoms. The van der Waals surface area contributed by atoms with E-state index in [1.807, 2.05) is 24.3 Å². The van der Waals surface area contributed by atoms with Crippen LogP contribution in [0.2, 0.25) is 0 Å². The van der Waals surface area contributed by atoms with Crippen molar-refractivity contribution in [2.75, 3.05) is 12.3 Å². The van der Waals surface area contributed by atoms with Gasteiger partial charge in [-0.25, -0.2) is 0 Å². The number of nitrogens with two attached hydrogens (primary N) is 2. The summed E-state index contributed by atoms with van der Waals surface area (Å²) in [5, 5.41) is 3.28. The van der Waals surface area contributed by atoms with Crippen molar-refractivity contribution in [3.63, 3.8) is 0 Å². The van der Waals surface area contributed by atoms with Crippen LogP contribution in [0.5, 0.6) is 0 Å². The quantitative estimate of drug-likeness (QED) is 0.596. The molecule has 13 heavy (non-hydrogen) atoms. The van der Waals surface area contributed by atoms with Crippen LogP contribution >= 0.6 is 0 Å². The highest BCUT2D eigenvalue weighted by atomic mass is 14.9. The molecule has 0 saturated heterocycles. The molecular formula is C10H17N3. The summed E-state index contributed by atoms with van der Waals surface area (Å²) in [5.74, 6) is 0. The third-order valence-electron chi connectivity index (χ3n) is 2.05. The van der Waals surface area contributed by atoms with E-state index in [0.717, 1.165) is 17.8 Å². The molecule has 5 N–H and O–H groups in total. The Morgan fingerprint density at radius 1 is 1.38 bits per heavy atom. The molecule has 0 aliphatic rings. The van der Waals surface area contributed by atoms with E-state index < -0.39 is 0 Å². The largest absolute Gasteiger partial charge is 0.398 e. The predicted molar refractivity (Wildman–Crippen MR) is 56.2 cm³/mol. The molecule has 0 saturated carbocycles. The average Bonchev–Trinajstić information content (AvgIpc) is 2.16. The maximum absolute atomic E-state index is 5.78. The fraction of sp³-hybridized carbons (Fsp3) is 0.400. The maximum Gasteiger partial charge on any atom is 0.0359 e. The summed E-state index contributed by atoms with van der Waals surface area (Å²) >= 11 is 0. The van der Waals surface area contributed by atoms with Gasteiger partial charge in [-0.2, -0.15) is 0 Å². The number of nitrogen functional groups attached to an aromatic ring is 1. The standard InChI is InChI=1S/C10H17N3/c1-8(6-11)13-7-9-4-2-3-5-10(9)12/h2-5,8,13H,6-7,11-12H2,1H3/t8-/m1/s1. The summed E-state index contributed by atoms with van der Waals surface area (Å²) < 4.78 is 0. The molecule has 0 heterocycles. The van der Waals surface area contributed by atoms with Crippen molar-refractivity contribution in [3.8, 4) is 0 Å². The normalized spacial score (nSPS) is 12.8. The highest BCUT2D eigenvalue weighted by Crippen LogP contribution is 2.09. The van der Waals surface area contributed by atoms with Crippen LogP contribution < -0.4 is 16.8 Å². The van der Waals surface area contributed by atoms with E-state index in [4.69, 9.17) is 11.5 Å². The first kappa shape index (κ1) is 10.0. The second-order valence-electron chi connectivity index (χ2n) is 3.22. The lowest BCUT2D eigenvalue weighted by Crippen LogP contribution is -2.32. The highest BCUT2D eigenvalue weighted by Gasteiger charge is 2.00. The summed E-state index contributed by atoms with van der Waals surface area (Å²) in [6, 6.07) is 8.18. The molecule has 1 atom stereocenters. The number of rotatable bonds is 4. The van der Waals surface area contributed by atoms with Crippen LogP contribution in [-0.2, 0) is 6.54 Å². The zero-order valence-electron chi connectivity index (χ0n) is 7.96. The Balaban J connectivity index is 2.50. The molecule has 1 aromatic carbocycles. The lowest BCUT2D eigenvalue weighted by molar-refractivity contribution is 0.557. The Bertz CT molecular complexity index is 260. The van der Waals surface area contributed by atoms with Gasteiger partial charge >= 0.3 is 0 Å². The van der Waals surface area contributed by atoms with Gasteiger partial charge < -0.3 is 16.8 Å². The Morgan fingerprint density at radius 3 is 2.69 bits per heavy atom. The van der Waals surface area contributed by atoms with Gasteiger partial charge in [0.25, 0.3) is 0 Å². The lowest BCUT2D eigenvalue weighted by atomic mass is 10.2. The fourth-order valence-electron chi connectivity index (χ4n) is 1.06. The van der Waals surface area contributed by atoms with Crippen LogP contribution in [0.15, 0.2) is 24.3 Å². The molecule has 0 unspecified atom stereocenters. The first-order valence-electron chi connectivity index (χ1n) is 4.51. The minimum Gasteiger partial charge on any atom is -0.398 e. The van der Waals surface area contributed by atoms with E-state index in [9.17, 15) is 0 Å². The average molecular weight is 179 g/mol. The van der Waals surface area contributed by atoms with E-state index in [1.54, 1.807) is 0 Å². The van der Waals surface area contributed by atoms with Gasteiger partial charge in [-0.1, -0.05) is 18.2 Å². The number of anilines is 1. The summed E-state index contributed by atoms with van der Waals surface area (Å²) in [7, 11) is 0. The van der Waals surface area contributed by atoms with Gasteiger partial charge in [-0.3, -0.25) is 0 Å². The number of hydrogen-bond acceptors (Lipinski definition) is 3. The number of hydrogen-bond donors (Lipinski definition) is 3. The first-order chi connectivity index (χ1) is 6.24. The molecule has 0 aliphatic heterocycles. The molecule has 1 rings (SSSR count). The maximum atomic E-state index is 5.78. The van der Waals surface area contributed by atoms with Crippen molar-refractivity contribution in [3.05, 3.63) is 29.8 Å². The fourth-order valence-corrected chi connectivity index (χ4v) is 1.06. The minimum atomic E-state index is 0.333. The third kappa shape index (κ3) is 3.05. The molecule has 3 nitrogen and oxygen atoms in total. The van der Waals surface area contributed by atoms with Crippen LogP contribution in [0.4, 0.5) is 5.69 Å². The molecule has 0 spiro atoms. The number of para-hydroxylation sites is 1. The van der Waals surface area contributed by atoms with Crippen molar-refractivity contribution in [2.24, 2.45) is 5.73 Å². The van der Waals surface area contributed by atoms with Gasteiger partial charge in [0, 0.05) is 24.8 Å². The smallest absolute Gasteiger partial charge is 0.0359 e. The summed E-state index contributed by atoms with van der Waals surface area (Å²) in [6.07, 6.45) is 0. The van der Waals surface area contributed by atoms with Gasteiger partial charge in [0.15, 0.2) is 0 Å². The van der Waals surface area contributed by atoms with E-state index in [0.29, 0.717) is 12.6 Å². The van der Waals surface area contributed by atoms with E-state index >= 15 is 0 Å². The molecule has 1 aromatic rings. The van der Waals surface area contributed by atoms with E-state index in [2.05, 4.69) is 12.2 Å². The SMILES string of the molecule is C[C@H](CN)NCc1ccccc1N. The molecule has 0 radical (unpaired) electrons. The van der Waals surface area contributed by atoms with E-state index in [1.165, 1.54) is 0 Å². The summed E-state index contributed by atoms with van der Waals surface area (Å²) in [6.45, 7) is 3.48. The van der Waals surface area contributed by atoms with Crippen molar-refractivity contribution < 1.29 is 0 Å². The summed E-state index contributed by atoms with van der Waals surface area (Å²) in [5.41, 5.74) is 13.2. The number of nitrogens with one attached hydrogen (secondary N) is 1. The van der Waals surface area contributed by atoms with Crippen LogP contribution in [0.25, 0.3) is 0 Å². The molecule has 0 aromatic heterocycles. The van der Waals surface area contributed by atoms with Gasteiger partial charge in [0.2, 0.25) is 0 Å². The van der Waals surface area contributed by atoms with Crippen molar-refractivity contribution in [1.29, 1.82) is 0 Å². The molecule has 0 amide bonds. The Kier molecular flexibility index (Phi) is 3.73. The zero-order valence-corrected chi connectivity index (χ0v) is 7.96. The monoisotopic (exact) mass is 179 g/mol. The van der Waals surface area contributed by atoms with Gasteiger partial charge in [-0.05, 0) is 18.6 Å². The Hall–Kier alpha value is -1.06. The third-order valence-corrected chi connectivity index (χ3v) is 2.05. The van der Waals surface area contributed by atoms with Crippen LogP contribution in [0.1, 0.15) is 12.5 Å². The van der Waals surface area contributed by atoms with Crippen LogP contribution in [0, 0.1) is 0 Å². The molecule has 0 bridgehead atoms. The molecular weight excluding hydrogens is 162 g/mol. The van der Waals surface area contributed by atoms with E-state index in [-0.39, 0.29) is 0 Å². The van der Waals surface area contributed by atoms with Crippen LogP contribution in [0.3, 0.4) is 0 Å². The van der Waals surface area contributed by atoms with Gasteiger partial charge in [0.05, 0.1) is 0 Å². The minimum absolute atomic E-state index is 0.333. The summed E-state index contributed by atoms with van der Waals surface area (Å²) in [4.78, 5) is 0. The lowest BCUT2D eigenvalue weighted by Gasteiger charge is -2.12. The zero-order chi connectivity index (χ0) is 9.68. The topological polar surface area (TPSA) is 64.1 Å². The second kappa shape index (κ2) is 4.84. The molecule has 0 fully saturated rings. The molecule has 0 aliphatic carbocycles. The predicted octanol–water partition coefficient (Wildman–Crippen LogP) is 0.706. The van der Waals surface area contributed by atoms with Gasteiger partial charge in [0.1, 0.15) is 0 Å². The van der Waals surface area contributed by atoms with Gasteiger partial charge in [-0.15, -0.1) is 0 Å². The second-order valence-corrected chi connectivity index (χ2v) is 3.22. The van der Waals surface area contributed by atoms with Crippen molar-refractivity contribution >= 4 is 5.69 Å². The Labute approximate surface area is 79.1 Å². The number of benzene rings is 1. The van der Waals surface area contributed by atoms with Crippen molar-refractivity contribution in [1.82, 2.24) is 5.32 Å².